The Bertz CT molecular complexity index is 610. The third-order valence-corrected chi connectivity index (χ3v) is 4.88. The van der Waals surface area contributed by atoms with Crippen LogP contribution in [0.4, 0.5) is 0 Å². The molecule has 1 aliphatic rings. The molecule has 0 heterocycles. The summed E-state index contributed by atoms with van der Waals surface area (Å²) >= 11 is 0. The maximum absolute atomic E-state index is 11.6. The van der Waals surface area contributed by atoms with Crippen LogP contribution < -0.4 is 4.72 Å². The van der Waals surface area contributed by atoms with Crippen LogP contribution in [0.15, 0.2) is 18.2 Å². The first-order valence-electron chi connectivity index (χ1n) is 6.71. The first kappa shape index (κ1) is 15.0. The van der Waals surface area contributed by atoms with Crippen LogP contribution in [-0.4, -0.2) is 25.2 Å². The van der Waals surface area contributed by atoms with Gasteiger partial charge >= 0.3 is 5.97 Å². The number of carboxylic acids is 1. The number of carbonyl (C=O) groups is 1. The van der Waals surface area contributed by atoms with Gasteiger partial charge in [0.15, 0.2) is 5.75 Å². The van der Waals surface area contributed by atoms with Crippen molar-refractivity contribution in [1.82, 2.24) is 4.72 Å². The SMILES string of the molecule is C[C@@H](NS(=O)(=O)CC(=O)O)c1ccc2c(c1)CCCC2. The van der Waals surface area contributed by atoms with Gasteiger partial charge in [0.1, 0.15) is 0 Å². The number of aliphatic carboxylic acids is 1. The number of hydrogen-bond donors (Lipinski definition) is 2. The number of rotatable bonds is 5. The maximum atomic E-state index is 11.6. The lowest BCUT2D eigenvalue weighted by Gasteiger charge is -2.19. The Kier molecular flexibility index (Phi) is 4.45. The molecule has 0 bridgehead atoms. The summed E-state index contributed by atoms with van der Waals surface area (Å²) in [4.78, 5) is 10.5. The Balaban J connectivity index is 2.13. The van der Waals surface area contributed by atoms with Crippen molar-refractivity contribution in [3.05, 3.63) is 34.9 Å². The summed E-state index contributed by atoms with van der Waals surface area (Å²) in [5.41, 5.74) is 3.48. The fourth-order valence-electron chi connectivity index (χ4n) is 2.56. The molecule has 0 saturated heterocycles. The van der Waals surface area contributed by atoms with Gasteiger partial charge in [-0.15, -0.1) is 0 Å². The van der Waals surface area contributed by atoms with Crippen LogP contribution >= 0.6 is 0 Å². The second kappa shape index (κ2) is 5.93. The van der Waals surface area contributed by atoms with Crippen LogP contribution in [0.5, 0.6) is 0 Å². The molecule has 2 N–H and O–H groups in total. The number of carboxylic acid groups (broad SMARTS) is 1. The molecule has 0 fully saturated rings. The van der Waals surface area contributed by atoms with Crippen molar-refractivity contribution in [2.45, 2.75) is 38.6 Å². The second-order valence-electron chi connectivity index (χ2n) is 5.23. The lowest BCUT2D eigenvalue weighted by atomic mass is 9.89. The van der Waals surface area contributed by atoms with Crippen molar-refractivity contribution >= 4 is 16.0 Å². The van der Waals surface area contributed by atoms with Crippen LogP contribution in [0.3, 0.4) is 0 Å². The molecular formula is C14H19NO4S. The highest BCUT2D eigenvalue weighted by molar-refractivity contribution is 7.90. The van der Waals surface area contributed by atoms with Gasteiger partial charge in [0, 0.05) is 6.04 Å². The number of fused-ring (bicyclic) bond motifs is 1. The van der Waals surface area contributed by atoms with E-state index >= 15 is 0 Å². The van der Waals surface area contributed by atoms with Crippen molar-refractivity contribution in [3.63, 3.8) is 0 Å². The molecule has 0 saturated carbocycles. The summed E-state index contributed by atoms with van der Waals surface area (Å²) in [6.45, 7) is 1.73. The van der Waals surface area contributed by atoms with Crippen LogP contribution in [0.2, 0.25) is 0 Å². The fraction of sp³-hybridized carbons (Fsp3) is 0.500. The average molecular weight is 297 g/mol. The summed E-state index contributed by atoms with van der Waals surface area (Å²) in [5, 5.41) is 8.57. The lowest BCUT2D eigenvalue weighted by Crippen LogP contribution is -2.32. The molecule has 2 rings (SSSR count). The first-order chi connectivity index (χ1) is 9.37. The van der Waals surface area contributed by atoms with Crippen molar-refractivity contribution < 1.29 is 18.3 Å². The summed E-state index contributed by atoms with van der Waals surface area (Å²) < 4.78 is 25.6. The predicted molar refractivity (Wildman–Crippen MR) is 76.1 cm³/mol. The smallest absolute Gasteiger partial charge is 0.320 e. The van der Waals surface area contributed by atoms with E-state index in [9.17, 15) is 13.2 Å². The second-order valence-corrected chi connectivity index (χ2v) is 6.98. The molecule has 0 radical (unpaired) electrons. The van der Waals surface area contributed by atoms with Gasteiger partial charge in [-0.25, -0.2) is 13.1 Å². The Labute approximate surface area is 119 Å². The van der Waals surface area contributed by atoms with Gasteiger partial charge in [-0.1, -0.05) is 18.2 Å². The van der Waals surface area contributed by atoms with Gasteiger partial charge < -0.3 is 5.11 Å². The monoisotopic (exact) mass is 297 g/mol. The van der Waals surface area contributed by atoms with Crippen molar-refractivity contribution in [2.24, 2.45) is 0 Å². The topological polar surface area (TPSA) is 83.5 Å². The van der Waals surface area contributed by atoms with E-state index in [4.69, 9.17) is 5.11 Å². The zero-order valence-electron chi connectivity index (χ0n) is 11.4. The van der Waals surface area contributed by atoms with E-state index in [0.717, 1.165) is 24.8 Å². The van der Waals surface area contributed by atoms with Gasteiger partial charge in [-0.3, -0.25) is 4.79 Å². The van der Waals surface area contributed by atoms with E-state index < -0.39 is 27.8 Å². The molecule has 0 unspecified atom stereocenters. The van der Waals surface area contributed by atoms with E-state index in [1.54, 1.807) is 6.92 Å². The standard InChI is InChI=1S/C14H19NO4S/c1-10(15-20(18,19)9-14(16)17)12-7-6-11-4-2-3-5-13(11)8-12/h6-8,10,15H,2-5,9H2,1H3,(H,16,17)/t10-/m1/s1. The van der Waals surface area contributed by atoms with Gasteiger partial charge in [0.2, 0.25) is 10.0 Å². The molecule has 1 atom stereocenters. The largest absolute Gasteiger partial charge is 0.480 e. The highest BCUT2D eigenvalue weighted by Crippen LogP contribution is 2.25. The van der Waals surface area contributed by atoms with Crippen LogP contribution in [0, 0.1) is 0 Å². The fourth-order valence-corrected chi connectivity index (χ4v) is 3.65. The molecular weight excluding hydrogens is 278 g/mol. The molecule has 0 spiro atoms. The van der Waals surface area contributed by atoms with Crippen molar-refractivity contribution in [2.75, 3.05) is 5.75 Å². The molecule has 0 aromatic heterocycles. The molecule has 110 valence electrons. The molecule has 6 heteroatoms. The summed E-state index contributed by atoms with van der Waals surface area (Å²) in [6, 6.07) is 5.57. The Morgan fingerprint density at radius 3 is 2.60 bits per heavy atom. The van der Waals surface area contributed by atoms with E-state index in [1.807, 2.05) is 18.2 Å². The predicted octanol–water partition coefficient (Wildman–Crippen LogP) is 1.63. The summed E-state index contributed by atoms with van der Waals surface area (Å²) in [7, 11) is -3.80. The van der Waals surface area contributed by atoms with Crippen molar-refractivity contribution in [1.29, 1.82) is 0 Å². The van der Waals surface area contributed by atoms with E-state index in [0.29, 0.717) is 0 Å². The molecule has 20 heavy (non-hydrogen) atoms. The molecule has 1 aliphatic carbocycles. The lowest BCUT2D eigenvalue weighted by molar-refractivity contribution is -0.134. The van der Waals surface area contributed by atoms with E-state index in [2.05, 4.69) is 4.72 Å². The molecule has 1 aromatic rings. The minimum absolute atomic E-state index is 0.424. The summed E-state index contributed by atoms with van der Waals surface area (Å²) in [5.74, 6) is -2.25. The highest BCUT2D eigenvalue weighted by Gasteiger charge is 2.20. The van der Waals surface area contributed by atoms with Gasteiger partial charge in [-0.05, 0) is 49.3 Å². The number of aryl methyl sites for hydroxylation is 2. The van der Waals surface area contributed by atoms with Crippen LogP contribution in [0.1, 0.15) is 42.5 Å². The van der Waals surface area contributed by atoms with Crippen molar-refractivity contribution in [3.8, 4) is 0 Å². The first-order valence-corrected chi connectivity index (χ1v) is 8.36. The zero-order valence-corrected chi connectivity index (χ0v) is 12.2. The van der Waals surface area contributed by atoms with Gasteiger partial charge in [0.25, 0.3) is 0 Å². The number of sulfonamides is 1. The maximum Gasteiger partial charge on any atom is 0.320 e. The van der Waals surface area contributed by atoms with Gasteiger partial charge in [-0.2, -0.15) is 0 Å². The minimum Gasteiger partial charge on any atom is -0.480 e. The number of nitrogens with one attached hydrogen (secondary N) is 1. The Hall–Kier alpha value is -1.40. The normalized spacial score (nSPS) is 16.4. The number of benzene rings is 1. The summed E-state index contributed by atoms with van der Waals surface area (Å²) in [6.07, 6.45) is 4.47. The van der Waals surface area contributed by atoms with E-state index in [-0.39, 0.29) is 0 Å². The molecule has 5 nitrogen and oxygen atoms in total. The van der Waals surface area contributed by atoms with Crippen LogP contribution in [0.25, 0.3) is 0 Å². The third-order valence-electron chi connectivity index (χ3n) is 3.54. The minimum atomic E-state index is -3.80. The number of hydrogen-bond acceptors (Lipinski definition) is 3. The Morgan fingerprint density at radius 1 is 1.30 bits per heavy atom. The average Bonchev–Trinajstić information content (AvgIpc) is 2.36. The highest BCUT2D eigenvalue weighted by atomic mass is 32.2. The quantitative estimate of drug-likeness (QED) is 0.865. The van der Waals surface area contributed by atoms with Gasteiger partial charge in [0.05, 0.1) is 0 Å². The van der Waals surface area contributed by atoms with E-state index in [1.165, 1.54) is 17.5 Å². The molecule has 0 aliphatic heterocycles. The zero-order chi connectivity index (χ0) is 14.8. The molecule has 0 amide bonds. The van der Waals surface area contributed by atoms with Crippen LogP contribution in [-0.2, 0) is 27.7 Å². The molecule has 1 aromatic carbocycles. The Morgan fingerprint density at radius 2 is 1.95 bits per heavy atom. The third kappa shape index (κ3) is 3.80.